The summed E-state index contributed by atoms with van der Waals surface area (Å²) in [6.07, 6.45) is 1.06. The second-order valence-corrected chi connectivity index (χ2v) is 5.57. The molecule has 1 heterocycles. The number of aliphatic imine (C=N–C) groups is 1. The molecule has 0 aromatic carbocycles. The number of hydrogen-bond acceptors (Lipinski definition) is 3. The second kappa shape index (κ2) is 4.52. The van der Waals surface area contributed by atoms with Crippen molar-refractivity contribution in [3.05, 3.63) is 0 Å². The molecule has 0 aliphatic carbocycles. The highest BCUT2D eigenvalue weighted by Crippen LogP contribution is 2.27. The van der Waals surface area contributed by atoms with Gasteiger partial charge in [0.15, 0.2) is 0 Å². The van der Waals surface area contributed by atoms with Crippen molar-refractivity contribution in [2.24, 2.45) is 22.1 Å². The summed E-state index contributed by atoms with van der Waals surface area (Å²) < 4.78 is 5.60. The molecule has 1 aliphatic heterocycles. The van der Waals surface area contributed by atoms with E-state index in [4.69, 9.17) is 10.5 Å². The topological polar surface area (TPSA) is 47.6 Å². The first-order valence-electron chi connectivity index (χ1n) is 5.82. The summed E-state index contributed by atoms with van der Waals surface area (Å²) in [6.45, 7) is 11.5. The van der Waals surface area contributed by atoms with Crippen LogP contribution in [0.2, 0.25) is 0 Å². The zero-order valence-corrected chi connectivity index (χ0v) is 10.6. The van der Waals surface area contributed by atoms with Crippen LogP contribution in [0, 0.1) is 11.3 Å². The Balaban J connectivity index is 2.66. The Morgan fingerprint density at radius 2 is 2.13 bits per heavy atom. The lowest BCUT2D eigenvalue weighted by molar-refractivity contribution is 0.229. The third-order valence-electron chi connectivity index (χ3n) is 3.21. The SMILES string of the molecule is CC[C@H](C)[C@H](N)C1=N[C@@H](C(C)(C)C)CO1. The number of ether oxygens (including phenoxy) is 1. The summed E-state index contributed by atoms with van der Waals surface area (Å²) in [6, 6.07) is 0.213. The highest BCUT2D eigenvalue weighted by molar-refractivity contribution is 5.83. The molecule has 3 nitrogen and oxygen atoms in total. The first-order chi connectivity index (χ1) is 6.86. The lowest BCUT2D eigenvalue weighted by Crippen LogP contribution is -2.36. The van der Waals surface area contributed by atoms with Crippen molar-refractivity contribution >= 4 is 5.90 Å². The summed E-state index contributed by atoms with van der Waals surface area (Å²) in [7, 11) is 0. The van der Waals surface area contributed by atoms with Crippen molar-refractivity contribution in [1.29, 1.82) is 0 Å². The van der Waals surface area contributed by atoms with Crippen molar-refractivity contribution in [1.82, 2.24) is 0 Å². The molecule has 0 saturated heterocycles. The number of nitrogens with two attached hydrogens (primary N) is 1. The number of rotatable bonds is 3. The lowest BCUT2D eigenvalue weighted by atomic mass is 9.88. The van der Waals surface area contributed by atoms with Crippen molar-refractivity contribution in [3.63, 3.8) is 0 Å². The number of nitrogens with zero attached hydrogens (tertiary/aromatic N) is 1. The molecule has 0 aromatic rings. The van der Waals surface area contributed by atoms with E-state index in [-0.39, 0.29) is 17.5 Å². The lowest BCUT2D eigenvalue weighted by Gasteiger charge is -2.22. The van der Waals surface area contributed by atoms with Gasteiger partial charge < -0.3 is 10.5 Å². The van der Waals surface area contributed by atoms with Crippen molar-refractivity contribution in [2.75, 3.05) is 6.61 Å². The molecule has 15 heavy (non-hydrogen) atoms. The molecular weight excluding hydrogens is 188 g/mol. The van der Waals surface area contributed by atoms with Gasteiger partial charge in [-0.15, -0.1) is 0 Å². The van der Waals surface area contributed by atoms with Crippen molar-refractivity contribution < 1.29 is 4.74 Å². The normalized spacial score (nSPS) is 25.7. The predicted molar refractivity (Wildman–Crippen MR) is 64.1 cm³/mol. The van der Waals surface area contributed by atoms with E-state index in [0.29, 0.717) is 12.5 Å². The van der Waals surface area contributed by atoms with E-state index >= 15 is 0 Å². The van der Waals surface area contributed by atoms with Gasteiger partial charge in [-0.05, 0) is 11.3 Å². The third kappa shape index (κ3) is 2.94. The third-order valence-corrected chi connectivity index (χ3v) is 3.21. The van der Waals surface area contributed by atoms with Gasteiger partial charge in [0.2, 0.25) is 5.90 Å². The van der Waals surface area contributed by atoms with Crippen LogP contribution in [-0.4, -0.2) is 24.6 Å². The van der Waals surface area contributed by atoms with Crippen LogP contribution in [0.25, 0.3) is 0 Å². The molecule has 3 heteroatoms. The van der Waals surface area contributed by atoms with Gasteiger partial charge in [0, 0.05) is 0 Å². The molecule has 0 radical (unpaired) electrons. The van der Waals surface area contributed by atoms with Crippen LogP contribution in [0.4, 0.5) is 0 Å². The average molecular weight is 212 g/mol. The van der Waals surface area contributed by atoms with Crippen LogP contribution in [0.5, 0.6) is 0 Å². The summed E-state index contributed by atoms with van der Waals surface area (Å²) in [5.74, 6) is 1.19. The Kier molecular flexibility index (Phi) is 3.77. The van der Waals surface area contributed by atoms with E-state index in [0.717, 1.165) is 12.3 Å². The van der Waals surface area contributed by atoms with Crippen molar-refractivity contribution in [2.45, 2.75) is 53.1 Å². The standard InChI is InChI=1S/C12H24N2O/c1-6-8(2)10(13)11-14-9(7-15-11)12(3,4)5/h8-10H,6-7,13H2,1-5H3/t8-,9+,10-/m0/s1. The molecule has 0 amide bonds. The Bertz CT molecular complexity index is 242. The molecule has 3 atom stereocenters. The maximum Gasteiger partial charge on any atom is 0.201 e. The molecule has 0 fully saturated rings. The van der Waals surface area contributed by atoms with Gasteiger partial charge in [-0.3, -0.25) is 0 Å². The van der Waals surface area contributed by atoms with E-state index in [9.17, 15) is 0 Å². The van der Waals surface area contributed by atoms with Crippen LogP contribution in [0.15, 0.2) is 4.99 Å². The molecule has 0 aromatic heterocycles. The zero-order chi connectivity index (χ0) is 11.6. The van der Waals surface area contributed by atoms with Gasteiger partial charge in [-0.2, -0.15) is 0 Å². The molecular formula is C12H24N2O. The summed E-state index contributed by atoms with van der Waals surface area (Å²) in [4.78, 5) is 4.60. The molecule has 0 saturated carbocycles. The van der Waals surface area contributed by atoms with E-state index < -0.39 is 0 Å². The summed E-state index contributed by atoms with van der Waals surface area (Å²) in [5, 5.41) is 0. The zero-order valence-electron chi connectivity index (χ0n) is 10.6. The maximum absolute atomic E-state index is 6.08. The van der Waals surface area contributed by atoms with Crippen molar-refractivity contribution in [3.8, 4) is 0 Å². The largest absolute Gasteiger partial charge is 0.478 e. The quantitative estimate of drug-likeness (QED) is 0.779. The molecule has 88 valence electrons. The van der Waals surface area contributed by atoms with Gasteiger partial charge in [0.25, 0.3) is 0 Å². The first-order valence-corrected chi connectivity index (χ1v) is 5.82. The molecule has 2 N–H and O–H groups in total. The van der Waals surface area contributed by atoms with E-state index in [2.05, 4.69) is 39.6 Å². The fraction of sp³-hybridized carbons (Fsp3) is 0.917. The maximum atomic E-state index is 6.08. The number of hydrogen-bond donors (Lipinski definition) is 1. The fourth-order valence-electron chi connectivity index (χ4n) is 1.52. The predicted octanol–water partition coefficient (Wildman–Crippen LogP) is 2.20. The highest BCUT2D eigenvalue weighted by atomic mass is 16.5. The Morgan fingerprint density at radius 1 is 1.53 bits per heavy atom. The van der Waals surface area contributed by atoms with Gasteiger partial charge in [0.05, 0.1) is 12.1 Å². The van der Waals surface area contributed by atoms with E-state index in [1.165, 1.54) is 0 Å². The van der Waals surface area contributed by atoms with Gasteiger partial charge in [-0.25, -0.2) is 4.99 Å². The Labute approximate surface area is 93.1 Å². The minimum atomic E-state index is -0.0395. The van der Waals surface area contributed by atoms with Crippen LogP contribution in [0.1, 0.15) is 41.0 Å². The molecule has 1 rings (SSSR count). The van der Waals surface area contributed by atoms with Crippen LogP contribution in [0.3, 0.4) is 0 Å². The summed E-state index contributed by atoms with van der Waals surface area (Å²) in [5.41, 5.74) is 6.25. The summed E-state index contributed by atoms with van der Waals surface area (Å²) >= 11 is 0. The first kappa shape index (κ1) is 12.5. The molecule has 0 bridgehead atoms. The van der Waals surface area contributed by atoms with E-state index in [1.807, 2.05) is 0 Å². The Hall–Kier alpha value is -0.570. The minimum Gasteiger partial charge on any atom is -0.478 e. The highest BCUT2D eigenvalue weighted by Gasteiger charge is 2.33. The minimum absolute atomic E-state index is 0.0395. The monoisotopic (exact) mass is 212 g/mol. The molecule has 0 unspecified atom stereocenters. The van der Waals surface area contributed by atoms with Gasteiger partial charge in [0.1, 0.15) is 6.61 Å². The van der Waals surface area contributed by atoms with E-state index in [1.54, 1.807) is 0 Å². The van der Waals surface area contributed by atoms with Crippen LogP contribution >= 0.6 is 0 Å². The Morgan fingerprint density at radius 3 is 2.53 bits per heavy atom. The van der Waals surface area contributed by atoms with Crippen LogP contribution in [-0.2, 0) is 4.74 Å². The smallest absolute Gasteiger partial charge is 0.201 e. The average Bonchev–Trinajstić information content (AvgIpc) is 2.63. The molecule has 1 aliphatic rings. The fourth-order valence-corrected chi connectivity index (χ4v) is 1.52. The van der Waals surface area contributed by atoms with Gasteiger partial charge >= 0.3 is 0 Å². The second-order valence-electron chi connectivity index (χ2n) is 5.57. The van der Waals surface area contributed by atoms with Gasteiger partial charge in [-0.1, -0.05) is 41.0 Å². The van der Waals surface area contributed by atoms with Crippen LogP contribution < -0.4 is 5.73 Å². The molecule has 0 spiro atoms.